The number of aromatic nitrogens is 4. The van der Waals surface area contributed by atoms with Crippen LogP contribution in [0.4, 0.5) is 4.79 Å². The second kappa shape index (κ2) is 14.2. The number of carbonyl (C=O) groups excluding carboxylic acids is 3. The minimum Gasteiger partial charge on any atom is -0.453 e. The monoisotopic (exact) mass is 707 g/mol. The zero-order valence-corrected chi connectivity index (χ0v) is 29.4. The fourth-order valence-corrected chi connectivity index (χ4v) is 7.84. The Morgan fingerprint density at radius 1 is 0.885 bits per heavy atom. The summed E-state index contributed by atoms with van der Waals surface area (Å²) >= 11 is 0. The molecule has 5 heterocycles. The minimum atomic E-state index is -1.18. The van der Waals surface area contributed by atoms with Gasteiger partial charge in [-0.05, 0) is 74.5 Å². The number of nitrogens with one attached hydrogen (secondary N) is 3. The van der Waals surface area contributed by atoms with Crippen LogP contribution in [0.3, 0.4) is 0 Å². The molecule has 1 aliphatic carbocycles. The number of fused-ring (bicyclic) bond motifs is 4. The predicted molar refractivity (Wildman–Crippen MR) is 191 cm³/mol. The third-order valence-electron chi connectivity index (χ3n) is 10.9. The lowest BCUT2D eigenvalue weighted by Crippen LogP contribution is -2.48. The summed E-state index contributed by atoms with van der Waals surface area (Å²) < 4.78 is 10.9. The van der Waals surface area contributed by atoms with Crippen molar-refractivity contribution < 1.29 is 29.0 Å². The number of hydrogen-bond donors (Lipinski definition) is 4. The summed E-state index contributed by atoms with van der Waals surface area (Å²) in [7, 11) is 1.30. The lowest BCUT2D eigenvalue weighted by molar-refractivity contribution is -0.143. The van der Waals surface area contributed by atoms with E-state index in [0.29, 0.717) is 45.6 Å². The number of ether oxygens (including phenoxy) is 2. The second-order valence-corrected chi connectivity index (χ2v) is 14.4. The molecular formula is C39H45N7O6. The summed E-state index contributed by atoms with van der Waals surface area (Å²) in [5.74, 6) is 1.20. The van der Waals surface area contributed by atoms with Gasteiger partial charge in [-0.1, -0.05) is 48.5 Å². The molecule has 2 aromatic carbocycles. The van der Waals surface area contributed by atoms with Crippen molar-refractivity contribution in [2.24, 2.45) is 0 Å². The normalized spacial score (nSPS) is 23.0. The molecule has 272 valence electrons. The number of likely N-dealkylation sites (tertiary alicyclic amines) is 1. The number of benzene rings is 2. The standard InChI is InChI=1S/C39H45N7O6/c1-51-38(49)43-28-6-2-3-21-52-23-30-33(44-35(42-30)32-8-4-19-45(32)36(28)47)27-15-11-25(12-16-27)24-9-13-26(14-10-24)29-22-40-34(41-29)31-7-5-20-46(31)37(48)39(50)17-18-39/h9-16,22,28,31-32,50H,2-8,17-21,23H2,1H3,(H,40,41)(H,42,44)(H,43,49)/t28-,31-,32-/m0/s1. The van der Waals surface area contributed by atoms with Crippen LogP contribution in [0.5, 0.6) is 0 Å². The van der Waals surface area contributed by atoms with Crippen molar-refractivity contribution >= 4 is 17.9 Å². The van der Waals surface area contributed by atoms with Crippen LogP contribution < -0.4 is 5.32 Å². The van der Waals surface area contributed by atoms with E-state index in [1.807, 2.05) is 11.1 Å². The lowest BCUT2D eigenvalue weighted by atomic mass is 10.0. The molecule has 4 aliphatic rings. The van der Waals surface area contributed by atoms with Crippen LogP contribution in [0.2, 0.25) is 0 Å². The molecule has 3 aliphatic heterocycles. The Morgan fingerprint density at radius 3 is 2.31 bits per heavy atom. The van der Waals surface area contributed by atoms with Crippen molar-refractivity contribution in [3.63, 3.8) is 0 Å². The summed E-state index contributed by atoms with van der Waals surface area (Å²) in [6.07, 6.45) is 7.64. The highest BCUT2D eigenvalue weighted by Crippen LogP contribution is 2.42. The molecule has 0 radical (unpaired) electrons. The van der Waals surface area contributed by atoms with Gasteiger partial charge in [0.25, 0.3) is 5.91 Å². The van der Waals surface area contributed by atoms with Crippen LogP contribution in [0, 0.1) is 0 Å². The zero-order chi connectivity index (χ0) is 35.8. The Bertz CT molecular complexity index is 1930. The molecule has 0 unspecified atom stereocenters. The van der Waals surface area contributed by atoms with Crippen LogP contribution in [-0.2, 0) is 25.7 Å². The summed E-state index contributed by atoms with van der Waals surface area (Å²) in [4.78, 5) is 58.9. The van der Waals surface area contributed by atoms with Gasteiger partial charge in [0.05, 0.1) is 49.1 Å². The number of H-pyrrole nitrogens is 2. The number of aliphatic hydroxyl groups is 1. The van der Waals surface area contributed by atoms with Gasteiger partial charge in [-0.3, -0.25) is 9.59 Å². The summed E-state index contributed by atoms with van der Waals surface area (Å²) in [6, 6.07) is 15.6. The molecule has 4 aromatic rings. The molecule has 13 nitrogen and oxygen atoms in total. The molecule has 3 atom stereocenters. The van der Waals surface area contributed by atoms with Gasteiger partial charge < -0.3 is 39.7 Å². The number of hydrogen-bond acceptors (Lipinski definition) is 8. The number of methoxy groups -OCH3 is 1. The van der Waals surface area contributed by atoms with Gasteiger partial charge in [0, 0.05) is 25.3 Å². The van der Waals surface area contributed by atoms with Gasteiger partial charge >= 0.3 is 6.09 Å². The average Bonchev–Trinajstić information content (AvgIpc) is 3.73. The highest BCUT2D eigenvalue weighted by Gasteiger charge is 2.52. The van der Waals surface area contributed by atoms with Crippen molar-refractivity contribution in [3.8, 4) is 33.6 Å². The number of aromatic amines is 2. The van der Waals surface area contributed by atoms with E-state index in [9.17, 15) is 19.5 Å². The Hall–Kier alpha value is -5.01. The first-order valence-corrected chi connectivity index (χ1v) is 18.4. The molecule has 8 rings (SSSR count). The second-order valence-electron chi connectivity index (χ2n) is 14.4. The van der Waals surface area contributed by atoms with Crippen LogP contribution in [-0.4, -0.2) is 91.2 Å². The smallest absolute Gasteiger partial charge is 0.407 e. The van der Waals surface area contributed by atoms with Crippen molar-refractivity contribution in [1.29, 1.82) is 0 Å². The minimum absolute atomic E-state index is 0.114. The Balaban J connectivity index is 0.986. The zero-order valence-electron chi connectivity index (χ0n) is 29.4. The van der Waals surface area contributed by atoms with E-state index in [1.54, 1.807) is 4.90 Å². The third-order valence-corrected chi connectivity index (χ3v) is 10.9. The van der Waals surface area contributed by atoms with E-state index < -0.39 is 17.7 Å². The molecule has 3 fully saturated rings. The first-order chi connectivity index (χ1) is 25.3. The number of imidazole rings is 2. The number of alkyl carbamates (subject to hydrolysis) is 1. The van der Waals surface area contributed by atoms with Crippen LogP contribution in [0.1, 0.15) is 87.2 Å². The van der Waals surface area contributed by atoms with Crippen LogP contribution in [0.15, 0.2) is 54.7 Å². The summed E-state index contributed by atoms with van der Waals surface area (Å²) in [5.41, 5.74) is 5.47. The number of rotatable bonds is 6. The number of nitrogens with zero attached hydrogens (tertiary/aromatic N) is 4. The molecule has 2 aromatic heterocycles. The molecule has 3 amide bonds. The Labute approximate surface area is 302 Å². The van der Waals surface area contributed by atoms with E-state index in [2.05, 4.69) is 68.8 Å². The van der Waals surface area contributed by atoms with Crippen LogP contribution >= 0.6 is 0 Å². The van der Waals surface area contributed by atoms with Crippen molar-refractivity contribution in [3.05, 3.63) is 72.1 Å². The topological polar surface area (TPSA) is 166 Å². The summed E-state index contributed by atoms with van der Waals surface area (Å²) in [5, 5.41) is 13.1. The highest BCUT2D eigenvalue weighted by atomic mass is 16.5. The molecule has 0 spiro atoms. The van der Waals surface area contributed by atoms with Gasteiger partial charge in [-0.25, -0.2) is 14.8 Å². The Kier molecular flexibility index (Phi) is 9.31. The Morgan fingerprint density at radius 2 is 1.58 bits per heavy atom. The average molecular weight is 708 g/mol. The van der Waals surface area contributed by atoms with Crippen LogP contribution in [0.25, 0.3) is 33.6 Å². The molecule has 4 N–H and O–H groups in total. The first kappa shape index (κ1) is 34.1. The molecule has 13 heteroatoms. The summed E-state index contributed by atoms with van der Waals surface area (Å²) in [6.45, 7) is 2.15. The van der Waals surface area contributed by atoms with E-state index in [1.165, 1.54) is 7.11 Å². The molecule has 52 heavy (non-hydrogen) atoms. The maximum absolute atomic E-state index is 13.7. The molecule has 1 saturated carbocycles. The molecule has 2 bridgehead atoms. The maximum atomic E-state index is 13.7. The van der Waals surface area contributed by atoms with Gasteiger partial charge in [0.1, 0.15) is 23.3 Å². The lowest BCUT2D eigenvalue weighted by Gasteiger charge is -2.28. The maximum Gasteiger partial charge on any atom is 0.407 e. The largest absolute Gasteiger partial charge is 0.453 e. The van der Waals surface area contributed by atoms with Gasteiger partial charge in [-0.2, -0.15) is 0 Å². The first-order valence-electron chi connectivity index (χ1n) is 18.4. The SMILES string of the molecule is COC(=O)N[C@H]1CCCCOCc2[nH]c(nc2-c2ccc(-c3ccc(-c4cnc([C@@H]5CCCN5C(=O)C5(O)CC5)[nH]4)cc3)cc2)[C@@H]2CCCN2C1=O. The van der Waals surface area contributed by atoms with Gasteiger partial charge in [-0.15, -0.1) is 0 Å². The van der Waals surface area contributed by atoms with E-state index in [-0.39, 0.29) is 23.9 Å². The van der Waals surface area contributed by atoms with Gasteiger partial charge in [0.2, 0.25) is 5.91 Å². The third kappa shape index (κ3) is 6.70. The van der Waals surface area contributed by atoms with Crippen molar-refractivity contribution in [2.45, 2.75) is 88.1 Å². The van der Waals surface area contributed by atoms with E-state index in [0.717, 1.165) is 89.5 Å². The van der Waals surface area contributed by atoms with Crippen molar-refractivity contribution in [2.75, 3.05) is 26.8 Å². The number of amides is 3. The quantitative estimate of drug-likeness (QED) is 0.207. The van der Waals surface area contributed by atoms with E-state index in [4.69, 9.17) is 14.5 Å². The predicted octanol–water partition coefficient (Wildman–Crippen LogP) is 5.41. The van der Waals surface area contributed by atoms with E-state index >= 15 is 0 Å². The van der Waals surface area contributed by atoms with Crippen molar-refractivity contribution in [1.82, 2.24) is 35.1 Å². The fourth-order valence-electron chi connectivity index (χ4n) is 7.84. The fraction of sp³-hybridized carbons (Fsp3) is 0.462. The number of carbonyl (C=O) groups is 3. The molecular weight excluding hydrogens is 662 g/mol. The molecule has 2 saturated heterocycles. The highest BCUT2D eigenvalue weighted by molar-refractivity contribution is 5.88. The van der Waals surface area contributed by atoms with Gasteiger partial charge in [0.15, 0.2) is 0 Å².